The second-order valence-corrected chi connectivity index (χ2v) is 2.45. The van der Waals surface area contributed by atoms with Gasteiger partial charge < -0.3 is 0 Å². The van der Waals surface area contributed by atoms with Crippen LogP contribution >= 0.6 is 11.2 Å². The first-order valence-corrected chi connectivity index (χ1v) is 3.65. The molecule has 28 valence electrons. The number of hydrogen-bond acceptors (Lipinski definition) is 3. The summed E-state index contributed by atoms with van der Waals surface area (Å²) < 4.78 is 0. The molecule has 0 amide bonds. The van der Waals surface area contributed by atoms with Crippen LogP contribution in [0.1, 0.15) is 0 Å². The van der Waals surface area contributed by atoms with Crippen molar-refractivity contribution in [1.82, 2.24) is 0 Å². The average Bonchev–Trinajstić information content (AvgIpc) is 1.61. The summed E-state index contributed by atoms with van der Waals surface area (Å²) >= 11 is 0.980. The largest absolute Gasteiger partial charge is 0.285 e. The Balaban J connectivity index is 2.78. The molecule has 0 aliphatic heterocycles. The van der Waals surface area contributed by atoms with Crippen LogP contribution < -0.4 is 0 Å². The molecule has 0 atom stereocenters. The van der Waals surface area contributed by atoms with Crippen molar-refractivity contribution >= 4 is 19.9 Å². The third-order valence-corrected chi connectivity index (χ3v) is 1.28. The molecule has 0 aromatic rings. The van der Waals surface area contributed by atoms with E-state index in [9.17, 15) is 0 Å². The van der Waals surface area contributed by atoms with E-state index in [1.165, 1.54) is 0 Å². The fourth-order valence-corrected chi connectivity index (χ4v) is 0.411. The van der Waals surface area contributed by atoms with Gasteiger partial charge in [0.25, 0.3) is 8.67 Å². The van der Waals surface area contributed by atoms with Gasteiger partial charge in [-0.2, -0.15) is 5.26 Å². The molecule has 2 radical (unpaired) electrons. The molecule has 0 fully saturated rings. The van der Waals surface area contributed by atoms with E-state index in [1.807, 2.05) is 5.69 Å². The van der Waals surface area contributed by atoms with Gasteiger partial charge in [0, 0.05) is 5.69 Å². The zero-order chi connectivity index (χ0) is 4.83. The first-order valence-electron chi connectivity index (χ1n) is 1.11. The number of nitrogens with zero attached hydrogens (tertiary/aromatic N) is 2. The summed E-state index contributed by atoms with van der Waals surface area (Å²) in [4.78, 5) is 0. The van der Waals surface area contributed by atoms with Crippen LogP contribution in [0.25, 0.3) is 0 Å². The van der Waals surface area contributed by atoms with Gasteiger partial charge in [0.15, 0.2) is 0 Å². The molecule has 0 rings (SSSR count). The number of thiocyanates is 1. The van der Waals surface area contributed by atoms with Crippen molar-refractivity contribution in [3.05, 3.63) is 0 Å². The van der Waals surface area contributed by atoms with Gasteiger partial charge in [0.1, 0.15) is 5.40 Å². The van der Waals surface area contributed by atoms with E-state index >= 15 is 0 Å². The lowest BCUT2D eigenvalue weighted by Crippen LogP contribution is -1.67. The maximum atomic E-state index is 7.79. The van der Waals surface area contributed by atoms with E-state index in [0.717, 1.165) is 11.2 Å². The molecule has 4 heteroatoms. The molecule has 0 heterocycles. The van der Waals surface area contributed by atoms with E-state index in [2.05, 4.69) is 0 Å². The highest BCUT2D eigenvalue weighted by Gasteiger charge is 1.78. The van der Waals surface area contributed by atoms with Crippen LogP contribution in [-0.2, 0) is 0 Å². The Labute approximate surface area is 42.2 Å². The number of hydrogen-bond donors (Lipinski definition) is 0. The molecule has 0 aromatic heterocycles. The van der Waals surface area contributed by atoms with Gasteiger partial charge in [-0.05, 0) is 0 Å². The van der Waals surface area contributed by atoms with E-state index in [-0.39, 0.29) is 8.67 Å². The Kier molecular flexibility index (Phi) is 4.20. The van der Waals surface area contributed by atoms with E-state index in [4.69, 9.17) is 10.5 Å². The molecule has 6 heavy (non-hydrogen) atoms. The third kappa shape index (κ3) is 3.55. The van der Waals surface area contributed by atoms with E-state index < -0.39 is 0 Å². The molecule has 0 spiro atoms. The van der Waals surface area contributed by atoms with Crippen molar-refractivity contribution in [2.75, 3.05) is 0 Å². The highest BCUT2D eigenvalue weighted by Crippen LogP contribution is 1.86. The summed E-state index contributed by atoms with van der Waals surface area (Å²) in [5, 5.41) is 17.3. The minimum Gasteiger partial charge on any atom is -0.206 e. The zero-order valence-corrected chi connectivity index (χ0v) is 4.62. The summed E-state index contributed by atoms with van der Waals surface area (Å²) in [7, 11) is 0.0760. The molecule has 0 aliphatic carbocycles. The summed E-state index contributed by atoms with van der Waals surface area (Å²) in [5.41, 5.74) is 1.84. The van der Waals surface area contributed by atoms with Gasteiger partial charge in [0.05, 0.1) is 0 Å². The van der Waals surface area contributed by atoms with Crippen molar-refractivity contribution in [3.8, 4) is 11.1 Å². The lowest BCUT2D eigenvalue weighted by molar-refractivity contribution is 1.56. The molecule has 0 saturated heterocycles. The second kappa shape index (κ2) is 4.55. The van der Waals surface area contributed by atoms with E-state index in [0.29, 0.717) is 0 Å². The first kappa shape index (κ1) is 5.55. The standard InChI is InChI=1S/C2N2SSi/c3-1-5-6-2-4. The SMILES string of the molecule is N#C[Si]SC#N. The van der Waals surface area contributed by atoms with Gasteiger partial charge in [-0.3, -0.25) is 0 Å². The maximum Gasteiger partial charge on any atom is 0.285 e. The Morgan fingerprint density at radius 1 is 1.50 bits per heavy atom. The van der Waals surface area contributed by atoms with E-state index in [1.54, 1.807) is 5.40 Å². The quantitative estimate of drug-likeness (QED) is 0.278. The van der Waals surface area contributed by atoms with Crippen molar-refractivity contribution < 1.29 is 0 Å². The van der Waals surface area contributed by atoms with Crippen molar-refractivity contribution in [2.24, 2.45) is 0 Å². The molecule has 0 bridgehead atoms. The molecular formula is C2N2SSi. The predicted molar refractivity (Wildman–Crippen MR) is 24.6 cm³/mol. The van der Waals surface area contributed by atoms with Crippen LogP contribution in [0.15, 0.2) is 0 Å². The number of rotatable bonds is 1. The van der Waals surface area contributed by atoms with Gasteiger partial charge in [-0.25, -0.2) is 5.26 Å². The van der Waals surface area contributed by atoms with Crippen LogP contribution in [0.3, 0.4) is 0 Å². The van der Waals surface area contributed by atoms with Crippen molar-refractivity contribution in [2.45, 2.75) is 0 Å². The van der Waals surface area contributed by atoms with Crippen LogP contribution in [0, 0.1) is 21.6 Å². The minimum atomic E-state index is 0.0760. The Morgan fingerprint density at radius 2 is 2.17 bits per heavy atom. The molecule has 0 N–H and O–H groups in total. The molecular weight excluding hydrogens is 112 g/mol. The Hall–Kier alpha value is -0.453. The number of nitriles is 2. The monoisotopic (exact) mass is 112 g/mol. The van der Waals surface area contributed by atoms with Crippen LogP contribution in [0.4, 0.5) is 0 Å². The minimum absolute atomic E-state index is 0.0760. The highest BCUT2D eigenvalue weighted by atomic mass is 32.4. The zero-order valence-electron chi connectivity index (χ0n) is 2.80. The third-order valence-electron chi connectivity index (χ3n) is 0.142. The molecule has 0 aromatic carbocycles. The summed E-state index contributed by atoms with van der Waals surface area (Å²) in [6, 6.07) is 0. The lowest BCUT2D eigenvalue weighted by Gasteiger charge is -1.59. The molecule has 0 unspecified atom stereocenters. The van der Waals surface area contributed by atoms with Gasteiger partial charge in [0.2, 0.25) is 0 Å². The van der Waals surface area contributed by atoms with Gasteiger partial charge in [-0.1, -0.05) is 11.2 Å². The van der Waals surface area contributed by atoms with Crippen LogP contribution in [0.2, 0.25) is 0 Å². The topological polar surface area (TPSA) is 47.6 Å². The van der Waals surface area contributed by atoms with Crippen LogP contribution in [0.5, 0.6) is 0 Å². The predicted octanol–water partition coefficient (Wildman–Crippen LogP) is 0.301. The molecule has 2 nitrogen and oxygen atoms in total. The van der Waals surface area contributed by atoms with Gasteiger partial charge in [-0.15, -0.1) is 0 Å². The average molecular weight is 112 g/mol. The summed E-state index contributed by atoms with van der Waals surface area (Å²) in [6.07, 6.45) is 0. The maximum absolute atomic E-state index is 7.79. The summed E-state index contributed by atoms with van der Waals surface area (Å²) in [5.74, 6) is 0. The fraction of sp³-hybridized carbons (Fsp3) is 0. The Morgan fingerprint density at radius 3 is 2.33 bits per heavy atom. The molecule has 0 saturated carbocycles. The van der Waals surface area contributed by atoms with Crippen molar-refractivity contribution in [1.29, 1.82) is 10.5 Å². The first-order chi connectivity index (χ1) is 2.91. The van der Waals surface area contributed by atoms with Crippen LogP contribution in [-0.4, -0.2) is 8.67 Å². The normalized spacial score (nSPS) is 5.67. The molecule has 0 aliphatic rings. The van der Waals surface area contributed by atoms with Gasteiger partial charge >= 0.3 is 0 Å². The smallest absolute Gasteiger partial charge is 0.206 e. The van der Waals surface area contributed by atoms with Crippen molar-refractivity contribution in [3.63, 3.8) is 0 Å². The fourth-order valence-electron chi connectivity index (χ4n) is 0.0456. The second-order valence-electron chi connectivity index (χ2n) is 0.407. The lowest BCUT2D eigenvalue weighted by atomic mass is 11.8. The highest BCUT2D eigenvalue weighted by molar-refractivity contribution is 8.26. The summed E-state index contributed by atoms with van der Waals surface area (Å²) in [6.45, 7) is 0. The Bertz CT molecular complexity index is 85.1.